The van der Waals surface area contributed by atoms with Crippen molar-refractivity contribution < 1.29 is 9.34 Å². The summed E-state index contributed by atoms with van der Waals surface area (Å²) in [6.45, 7) is 5.24. The van der Waals surface area contributed by atoms with Gasteiger partial charge in [0.1, 0.15) is 11.5 Å². The van der Waals surface area contributed by atoms with Gasteiger partial charge in [0.15, 0.2) is 0 Å². The number of benzene rings is 1. The van der Waals surface area contributed by atoms with Crippen molar-refractivity contribution in [2.45, 2.75) is 25.8 Å². The number of nitro groups is 1. The minimum atomic E-state index is -0.362. The molecule has 2 saturated heterocycles. The normalized spacial score (nSPS) is 19.4. The van der Waals surface area contributed by atoms with Crippen LogP contribution in [0.2, 0.25) is 0 Å². The lowest BCUT2D eigenvalue weighted by Gasteiger charge is -2.33. The minimum absolute atomic E-state index is 0. The van der Waals surface area contributed by atoms with Crippen molar-refractivity contribution in [3.8, 4) is 11.3 Å². The van der Waals surface area contributed by atoms with Gasteiger partial charge in [-0.2, -0.15) is 0 Å². The summed E-state index contributed by atoms with van der Waals surface area (Å²) in [5, 5.41) is 14.6. The molecule has 2 aliphatic heterocycles. The van der Waals surface area contributed by atoms with Crippen molar-refractivity contribution in [2.75, 3.05) is 26.2 Å². The highest BCUT2D eigenvalue weighted by atomic mass is 35.5. The Morgan fingerprint density at radius 3 is 2.69 bits per heavy atom. The van der Waals surface area contributed by atoms with Crippen LogP contribution in [-0.4, -0.2) is 36.0 Å². The molecule has 0 atom stereocenters. The van der Waals surface area contributed by atoms with Crippen LogP contribution >= 0.6 is 12.4 Å². The van der Waals surface area contributed by atoms with E-state index in [0.29, 0.717) is 16.7 Å². The first-order valence-corrected chi connectivity index (χ1v) is 8.91. The average Bonchev–Trinajstić information content (AvgIpc) is 3.23. The van der Waals surface area contributed by atoms with Gasteiger partial charge < -0.3 is 9.73 Å². The maximum atomic E-state index is 11.2. The van der Waals surface area contributed by atoms with Crippen LogP contribution in [-0.2, 0) is 6.54 Å². The lowest BCUT2D eigenvalue weighted by Crippen LogP contribution is -2.38. The number of piperidine rings is 1. The quantitative estimate of drug-likeness (QED) is 0.647. The van der Waals surface area contributed by atoms with E-state index in [1.54, 1.807) is 18.2 Å². The highest BCUT2D eigenvalue weighted by molar-refractivity contribution is 5.85. The van der Waals surface area contributed by atoms with E-state index in [2.05, 4.69) is 10.2 Å². The summed E-state index contributed by atoms with van der Waals surface area (Å²) in [6, 6.07) is 10.5. The zero-order valence-electron chi connectivity index (χ0n) is 14.6. The lowest BCUT2D eigenvalue weighted by molar-refractivity contribution is -0.384. The molecule has 0 radical (unpaired) electrons. The second-order valence-corrected chi connectivity index (χ2v) is 7.25. The van der Waals surface area contributed by atoms with E-state index in [1.807, 2.05) is 12.1 Å². The summed E-state index contributed by atoms with van der Waals surface area (Å²) in [5.74, 6) is 1.44. The van der Waals surface area contributed by atoms with E-state index < -0.39 is 0 Å². The molecule has 7 heteroatoms. The second-order valence-electron chi connectivity index (χ2n) is 7.25. The Balaban J connectivity index is 0.00000196. The van der Waals surface area contributed by atoms with Gasteiger partial charge >= 0.3 is 0 Å². The van der Waals surface area contributed by atoms with Crippen molar-refractivity contribution in [1.82, 2.24) is 10.2 Å². The van der Waals surface area contributed by atoms with Crippen LogP contribution in [0.25, 0.3) is 11.3 Å². The van der Waals surface area contributed by atoms with E-state index in [0.717, 1.165) is 38.5 Å². The van der Waals surface area contributed by atoms with Crippen LogP contribution in [0.5, 0.6) is 0 Å². The fourth-order valence-electron chi connectivity index (χ4n) is 4.20. The number of halogens is 1. The predicted molar refractivity (Wildman–Crippen MR) is 102 cm³/mol. The number of rotatable bonds is 4. The van der Waals surface area contributed by atoms with Crippen LogP contribution in [0.3, 0.4) is 0 Å². The molecule has 1 N–H and O–H groups in total. The first kappa shape index (κ1) is 18.9. The molecular weight excluding hydrogens is 354 g/mol. The summed E-state index contributed by atoms with van der Waals surface area (Å²) in [4.78, 5) is 13.3. The number of nitrogens with one attached hydrogen (secondary N) is 1. The highest BCUT2D eigenvalue weighted by Crippen LogP contribution is 2.39. The third kappa shape index (κ3) is 3.77. The third-order valence-corrected chi connectivity index (χ3v) is 5.59. The van der Waals surface area contributed by atoms with E-state index in [1.165, 1.54) is 25.3 Å². The molecule has 1 aromatic heterocycles. The zero-order valence-corrected chi connectivity index (χ0v) is 15.5. The molecule has 0 saturated carbocycles. The molecular formula is C19H24ClN3O3. The van der Waals surface area contributed by atoms with Gasteiger partial charge in [0, 0.05) is 12.6 Å². The van der Waals surface area contributed by atoms with Crippen LogP contribution in [0, 0.1) is 15.5 Å². The highest BCUT2D eigenvalue weighted by Gasteiger charge is 2.38. The molecule has 140 valence electrons. The van der Waals surface area contributed by atoms with Crippen molar-refractivity contribution in [3.63, 3.8) is 0 Å². The SMILES string of the molecule is Cl.O=[N+]([O-])c1ccccc1-c1ccc(CN2CCC3(CCNCC3)C2)o1. The second kappa shape index (κ2) is 7.78. The number of likely N-dealkylation sites (tertiary alicyclic amines) is 1. The van der Waals surface area contributed by atoms with Gasteiger partial charge in [0.25, 0.3) is 5.69 Å². The molecule has 26 heavy (non-hydrogen) atoms. The van der Waals surface area contributed by atoms with Gasteiger partial charge in [-0.1, -0.05) is 12.1 Å². The molecule has 0 aliphatic carbocycles. The van der Waals surface area contributed by atoms with E-state index in [-0.39, 0.29) is 23.0 Å². The molecule has 1 spiro atoms. The third-order valence-electron chi connectivity index (χ3n) is 5.59. The summed E-state index contributed by atoms with van der Waals surface area (Å²) >= 11 is 0. The van der Waals surface area contributed by atoms with Crippen molar-refractivity contribution in [2.24, 2.45) is 5.41 Å². The van der Waals surface area contributed by atoms with Crippen molar-refractivity contribution in [3.05, 3.63) is 52.3 Å². The maximum absolute atomic E-state index is 11.2. The number of nitro benzene ring substituents is 1. The average molecular weight is 378 g/mol. The van der Waals surface area contributed by atoms with Gasteiger partial charge in [-0.05, 0) is 62.5 Å². The summed E-state index contributed by atoms with van der Waals surface area (Å²) in [7, 11) is 0. The van der Waals surface area contributed by atoms with Gasteiger partial charge in [-0.15, -0.1) is 12.4 Å². The summed E-state index contributed by atoms with van der Waals surface area (Å²) in [5.41, 5.74) is 1.09. The monoisotopic (exact) mass is 377 g/mol. The first-order valence-electron chi connectivity index (χ1n) is 8.91. The molecule has 2 fully saturated rings. The Morgan fingerprint density at radius 2 is 1.92 bits per heavy atom. The Kier molecular flexibility index (Phi) is 5.65. The first-order chi connectivity index (χ1) is 12.2. The van der Waals surface area contributed by atoms with Crippen LogP contribution in [0.15, 0.2) is 40.8 Å². The Labute approximate surface area is 159 Å². The maximum Gasteiger partial charge on any atom is 0.280 e. The van der Waals surface area contributed by atoms with Crippen LogP contribution in [0.4, 0.5) is 5.69 Å². The number of hydrogen-bond acceptors (Lipinski definition) is 5. The fourth-order valence-corrected chi connectivity index (χ4v) is 4.20. The Bertz CT molecular complexity index is 771. The Morgan fingerprint density at radius 1 is 1.15 bits per heavy atom. The number of furan rings is 1. The Hall–Kier alpha value is -1.89. The molecule has 6 nitrogen and oxygen atoms in total. The summed E-state index contributed by atoms with van der Waals surface area (Å²) in [6.07, 6.45) is 3.76. The van der Waals surface area contributed by atoms with Gasteiger partial charge in [-0.3, -0.25) is 15.0 Å². The van der Waals surface area contributed by atoms with Crippen LogP contribution < -0.4 is 5.32 Å². The number of hydrogen-bond donors (Lipinski definition) is 1. The molecule has 1 aromatic carbocycles. The fraction of sp³-hybridized carbons (Fsp3) is 0.474. The lowest BCUT2D eigenvalue weighted by atomic mass is 9.78. The molecule has 0 unspecified atom stereocenters. The molecule has 2 aliphatic rings. The molecule has 3 heterocycles. The van der Waals surface area contributed by atoms with Gasteiger partial charge in [0.05, 0.1) is 17.0 Å². The number of nitrogens with zero attached hydrogens (tertiary/aromatic N) is 2. The van der Waals surface area contributed by atoms with E-state index in [4.69, 9.17) is 4.42 Å². The molecule has 4 rings (SSSR count). The standard InChI is InChI=1S/C19H23N3O3.ClH/c23-22(24)17-4-2-1-3-16(17)18-6-5-15(25-18)13-21-12-9-19(14-21)7-10-20-11-8-19;/h1-6,20H,7-14H2;1H. The number of para-hydroxylation sites is 1. The van der Waals surface area contributed by atoms with E-state index in [9.17, 15) is 10.1 Å². The van der Waals surface area contributed by atoms with Gasteiger partial charge in [-0.25, -0.2) is 0 Å². The predicted octanol–water partition coefficient (Wildman–Crippen LogP) is 3.85. The smallest absolute Gasteiger partial charge is 0.280 e. The van der Waals surface area contributed by atoms with Crippen molar-refractivity contribution >= 4 is 18.1 Å². The minimum Gasteiger partial charge on any atom is -0.459 e. The largest absolute Gasteiger partial charge is 0.459 e. The zero-order chi connectivity index (χ0) is 17.3. The molecule has 0 amide bonds. The summed E-state index contributed by atoms with van der Waals surface area (Å²) < 4.78 is 5.94. The van der Waals surface area contributed by atoms with Crippen LogP contribution in [0.1, 0.15) is 25.0 Å². The van der Waals surface area contributed by atoms with E-state index >= 15 is 0 Å². The van der Waals surface area contributed by atoms with Gasteiger partial charge in [0.2, 0.25) is 0 Å². The van der Waals surface area contributed by atoms with Crippen molar-refractivity contribution in [1.29, 1.82) is 0 Å². The topological polar surface area (TPSA) is 71.6 Å². The molecule has 2 aromatic rings. The molecule has 0 bridgehead atoms.